The van der Waals surface area contributed by atoms with Gasteiger partial charge in [-0.15, -0.1) is 0 Å². The van der Waals surface area contributed by atoms with E-state index in [0.717, 1.165) is 28.3 Å². The average Bonchev–Trinajstić information content (AvgIpc) is 2.60. The van der Waals surface area contributed by atoms with Gasteiger partial charge in [0.25, 0.3) is 5.91 Å². The smallest absolute Gasteiger partial charge is 0.259 e. The molecule has 2 aromatic heterocycles. The van der Waals surface area contributed by atoms with Gasteiger partial charge in [-0.25, -0.2) is 9.97 Å². The molecule has 1 aliphatic rings. The molecule has 0 aromatic carbocycles. The van der Waals surface area contributed by atoms with Crippen LogP contribution < -0.4 is 10.2 Å². The molecular weight excluding hydrogens is 264 g/mol. The number of nitrogens with zero attached hydrogens (tertiary/aromatic N) is 3. The van der Waals surface area contributed by atoms with Crippen LogP contribution in [0.25, 0.3) is 0 Å². The number of anilines is 3. The van der Waals surface area contributed by atoms with Gasteiger partial charge < -0.3 is 10.2 Å². The van der Waals surface area contributed by atoms with Gasteiger partial charge in [0, 0.05) is 18.4 Å². The van der Waals surface area contributed by atoms with Crippen LogP contribution in [0.1, 0.15) is 34.1 Å². The van der Waals surface area contributed by atoms with E-state index in [1.807, 2.05) is 32.6 Å². The van der Waals surface area contributed by atoms with Crippen molar-refractivity contribution < 1.29 is 4.79 Å². The highest BCUT2D eigenvalue weighted by molar-refractivity contribution is 6.11. The molecule has 1 aliphatic heterocycles. The topological polar surface area (TPSA) is 58.1 Å². The second-order valence-electron chi connectivity index (χ2n) is 5.22. The average molecular weight is 282 g/mol. The summed E-state index contributed by atoms with van der Waals surface area (Å²) in [5.41, 5.74) is 4.48. The van der Waals surface area contributed by atoms with E-state index in [4.69, 9.17) is 4.98 Å². The Hall–Kier alpha value is -2.43. The van der Waals surface area contributed by atoms with Crippen LogP contribution in [0.5, 0.6) is 0 Å². The molecule has 0 saturated heterocycles. The first-order valence-corrected chi connectivity index (χ1v) is 7.06. The number of hydrogen-bond acceptors (Lipinski definition) is 4. The van der Waals surface area contributed by atoms with Gasteiger partial charge in [-0.05, 0) is 51.0 Å². The van der Waals surface area contributed by atoms with Crippen molar-refractivity contribution in [3.8, 4) is 0 Å². The van der Waals surface area contributed by atoms with E-state index in [1.54, 1.807) is 18.3 Å². The van der Waals surface area contributed by atoms with E-state index in [1.165, 1.54) is 0 Å². The van der Waals surface area contributed by atoms with Crippen LogP contribution in [-0.2, 0) is 0 Å². The molecule has 0 spiro atoms. The first-order chi connectivity index (χ1) is 10.0. The van der Waals surface area contributed by atoms with Crippen LogP contribution in [0.15, 0.2) is 18.3 Å². The minimum atomic E-state index is -0.136. The fourth-order valence-corrected chi connectivity index (χ4v) is 2.64. The first kappa shape index (κ1) is 13.5. The van der Waals surface area contributed by atoms with E-state index in [0.29, 0.717) is 17.9 Å². The van der Waals surface area contributed by atoms with Crippen LogP contribution in [-0.4, -0.2) is 22.4 Å². The maximum atomic E-state index is 12.5. The van der Waals surface area contributed by atoms with Gasteiger partial charge in [-0.2, -0.15) is 0 Å². The molecule has 1 N–H and O–H groups in total. The molecule has 5 nitrogen and oxygen atoms in total. The largest absolute Gasteiger partial charge is 0.318 e. The van der Waals surface area contributed by atoms with Gasteiger partial charge in [-0.1, -0.05) is 0 Å². The van der Waals surface area contributed by atoms with Gasteiger partial charge in [0.05, 0.1) is 11.3 Å². The first-order valence-electron chi connectivity index (χ1n) is 7.06. The molecule has 3 heterocycles. The van der Waals surface area contributed by atoms with Crippen LogP contribution in [0.2, 0.25) is 0 Å². The summed E-state index contributed by atoms with van der Waals surface area (Å²) in [6, 6.07) is 3.57. The van der Waals surface area contributed by atoms with Gasteiger partial charge in [0.15, 0.2) is 5.82 Å². The van der Waals surface area contributed by atoms with E-state index >= 15 is 0 Å². The van der Waals surface area contributed by atoms with E-state index in [-0.39, 0.29) is 5.91 Å². The van der Waals surface area contributed by atoms with Gasteiger partial charge in [0.2, 0.25) is 0 Å². The zero-order valence-electron chi connectivity index (χ0n) is 12.7. The molecule has 5 heteroatoms. The lowest BCUT2D eigenvalue weighted by Gasteiger charge is -2.23. The minimum absolute atomic E-state index is 0.136. The van der Waals surface area contributed by atoms with Crippen molar-refractivity contribution >= 4 is 23.2 Å². The van der Waals surface area contributed by atoms with Crippen LogP contribution in [0.3, 0.4) is 0 Å². The number of amides is 1. The molecule has 0 atom stereocenters. The second kappa shape index (κ2) is 4.84. The summed E-state index contributed by atoms with van der Waals surface area (Å²) in [4.78, 5) is 23.5. The Labute approximate surface area is 124 Å². The number of aryl methyl sites for hydroxylation is 1. The predicted molar refractivity (Wildman–Crippen MR) is 83.3 cm³/mol. The summed E-state index contributed by atoms with van der Waals surface area (Å²) in [7, 11) is 0. The number of carbonyl (C=O) groups excluding carboxylic acids is 1. The van der Waals surface area contributed by atoms with Crippen LogP contribution in [0.4, 0.5) is 17.3 Å². The molecule has 108 valence electrons. The fraction of sp³-hybridized carbons (Fsp3) is 0.312. The standard InChI is InChI=1S/C16H18N4O/c1-5-20-14-12(7-6-8-17-14)16(21)19-13-10(3)9(2)11(4)18-15(13)20/h6-8H,5H2,1-4H3,(H,19,21). The number of nitrogens with one attached hydrogen (secondary N) is 1. The number of rotatable bonds is 1. The van der Waals surface area contributed by atoms with Gasteiger partial charge >= 0.3 is 0 Å². The summed E-state index contributed by atoms with van der Waals surface area (Å²) in [5.74, 6) is 1.29. The lowest BCUT2D eigenvalue weighted by atomic mass is 10.1. The Bertz CT molecular complexity index is 739. The quantitative estimate of drug-likeness (QED) is 0.873. The molecular formula is C16H18N4O. The van der Waals surface area contributed by atoms with Crippen molar-refractivity contribution in [1.82, 2.24) is 9.97 Å². The SMILES string of the molecule is CCN1c2ncccc2C(=O)Nc2c1nc(C)c(C)c2C. The minimum Gasteiger partial charge on any atom is -0.318 e. The summed E-state index contributed by atoms with van der Waals surface area (Å²) in [6.45, 7) is 8.75. The van der Waals surface area contributed by atoms with Crippen molar-refractivity contribution in [2.24, 2.45) is 0 Å². The molecule has 0 bridgehead atoms. The van der Waals surface area contributed by atoms with Crippen LogP contribution in [0, 0.1) is 20.8 Å². The maximum absolute atomic E-state index is 12.5. The third kappa shape index (κ3) is 1.96. The molecule has 3 rings (SSSR count). The molecule has 0 radical (unpaired) electrons. The Morgan fingerprint density at radius 1 is 1.19 bits per heavy atom. The third-order valence-electron chi connectivity index (χ3n) is 4.07. The van der Waals surface area contributed by atoms with Crippen LogP contribution >= 0.6 is 0 Å². The number of carbonyl (C=O) groups is 1. The van der Waals surface area contributed by atoms with Crippen molar-refractivity contribution in [1.29, 1.82) is 0 Å². The van der Waals surface area contributed by atoms with E-state index in [9.17, 15) is 4.79 Å². The number of fused-ring (bicyclic) bond motifs is 2. The monoisotopic (exact) mass is 282 g/mol. The second-order valence-corrected chi connectivity index (χ2v) is 5.22. The molecule has 2 aromatic rings. The maximum Gasteiger partial charge on any atom is 0.259 e. The van der Waals surface area contributed by atoms with Gasteiger partial charge in [0.1, 0.15) is 5.82 Å². The van der Waals surface area contributed by atoms with Crippen molar-refractivity contribution in [2.75, 3.05) is 16.8 Å². The normalized spacial score (nSPS) is 13.3. The Morgan fingerprint density at radius 3 is 2.67 bits per heavy atom. The highest BCUT2D eigenvalue weighted by atomic mass is 16.1. The predicted octanol–water partition coefficient (Wildman–Crippen LogP) is 3.13. The molecule has 0 aliphatic carbocycles. The zero-order valence-corrected chi connectivity index (χ0v) is 12.7. The van der Waals surface area contributed by atoms with E-state index < -0.39 is 0 Å². The molecule has 0 saturated carbocycles. The summed E-state index contributed by atoms with van der Waals surface area (Å²) >= 11 is 0. The Kier molecular flexibility index (Phi) is 3.12. The Morgan fingerprint density at radius 2 is 1.95 bits per heavy atom. The summed E-state index contributed by atoms with van der Waals surface area (Å²) in [6.07, 6.45) is 1.70. The van der Waals surface area contributed by atoms with Crippen molar-refractivity contribution in [3.63, 3.8) is 0 Å². The highest BCUT2D eigenvalue weighted by Gasteiger charge is 2.28. The lowest BCUT2D eigenvalue weighted by molar-refractivity contribution is 0.102. The lowest BCUT2D eigenvalue weighted by Crippen LogP contribution is -2.20. The summed E-state index contributed by atoms with van der Waals surface area (Å²) in [5, 5.41) is 3.00. The third-order valence-corrected chi connectivity index (χ3v) is 4.07. The molecule has 21 heavy (non-hydrogen) atoms. The molecule has 0 unspecified atom stereocenters. The molecule has 1 amide bonds. The number of hydrogen-bond donors (Lipinski definition) is 1. The van der Waals surface area contributed by atoms with E-state index in [2.05, 4.69) is 10.3 Å². The Balaban J connectivity index is 2.33. The zero-order chi connectivity index (χ0) is 15.1. The van der Waals surface area contributed by atoms with Gasteiger partial charge in [-0.3, -0.25) is 4.79 Å². The molecule has 0 fully saturated rings. The van der Waals surface area contributed by atoms with Crippen molar-refractivity contribution in [2.45, 2.75) is 27.7 Å². The summed E-state index contributed by atoms with van der Waals surface area (Å²) < 4.78 is 0. The number of pyridine rings is 2. The van der Waals surface area contributed by atoms with Crippen molar-refractivity contribution in [3.05, 3.63) is 40.7 Å². The highest BCUT2D eigenvalue weighted by Crippen LogP contribution is 2.38. The number of aromatic nitrogens is 2. The fourth-order valence-electron chi connectivity index (χ4n) is 2.64.